The van der Waals surface area contributed by atoms with Crippen molar-refractivity contribution in [1.82, 2.24) is 15.5 Å². The second-order valence-electron chi connectivity index (χ2n) is 10.9. The molecule has 0 saturated carbocycles. The molecule has 8 heteroatoms. The molecule has 5 rings (SSSR count). The van der Waals surface area contributed by atoms with E-state index in [4.69, 9.17) is 4.74 Å². The maximum Gasteiger partial charge on any atom is 0.407 e. The number of benzene rings is 4. The number of nitrogens with one attached hydrogen (secondary N) is 2. The number of alkyl carbamates (subject to hydrolysis) is 1. The van der Waals surface area contributed by atoms with Crippen molar-refractivity contribution in [2.24, 2.45) is 0 Å². The molecule has 4 aromatic rings. The molecule has 0 bridgehead atoms. The summed E-state index contributed by atoms with van der Waals surface area (Å²) in [6.07, 6.45) is -0.731. The van der Waals surface area contributed by atoms with Gasteiger partial charge in [-0.15, -0.1) is 0 Å². The standard InChI is InChI=1S/C36H37N3O5/c40-34(41)22-33(38-36(43)44-25-32-30-18-9-7-16-28(30)29-17-8-10-19-31(29)32)35(42)37-20-11-21-39(23-26-12-3-1-4-13-26)24-27-14-5-2-6-15-27/h1-10,12-19,32-33H,11,20-25H2,(H,37,42)(H,38,43)(H,40,41). The Morgan fingerprint density at radius 3 is 1.82 bits per heavy atom. The number of fused-ring (bicyclic) bond motifs is 3. The van der Waals surface area contributed by atoms with Crippen molar-refractivity contribution in [3.05, 3.63) is 131 Å². The third kappa shape index (κ3) is 8.11. The Morgan fingerprint density at radius 2 is 1.27 bits per heavy atom. The molecule has 1 atom stereocenters. The first kappa shape index (κ1) is 30.5. The fourth-order valence-corrected chi connectivity index (χ4v) is 5.70. The van der Waals surface area contributed by atoms with Crippen LogP contribution in [0.25, 0.3) is 11.1 Å². The maximum atomic E-state index is 13.0. The third-order valence-electron chi connectivity index (χ3n) is 7.78. The van der Waals surface area contributed by atoms with Crippen molar-refractivity contribution >= 4 is 18.0 Å². The molecule has 0 heterocycles. The van der Waals surface area contributed by atoms with E-state index in [1.165, 1.54) is 11.1 Å². The van der Waals surface area contributed by atoms with Crippen LogP contribution >= 0.6 is 0 Å². The second kappa shape index (κ2) is 15.0. The summed E-state index contributed by atoms with van der Waals surface area (Å²) in [5.41, 5.74) is 6.73. The maximum absolute atomic E-state index is 13.0. The van der Waals surface area contributed by atoms with Crippen molar-refractivity contribution < 1.29 is 24.2 Å². The van der Waals surface area contributed by atoms with E-state index in [-0.39, 0.29) is 12.5 Å². The summed E-state index contributed by atoms with van der Waals surface area (Å²) >= 11 is 0. The first-order valence-corrected chi connectivity index (χ1v) is 14.9. The molecule has 0 saturated heterocycles. The molecule has 0 aromatic heterocycles. The second-order valence-corrected chi connectivity index (χ2v) is 10.9. The zero-order chi connectivity index (χ0) is 30.7. The number of carboxylic acid groups (broad SMARTS) is 1. The van der Waals surface area contributed by atoms with E-state index in [2.05, 4.69) is 39.8 Å². The number of carbonyl (C=O) groups excluding carboxylic acids is 2. The molecule has 1 aliphatic carbocycles. The minimum Gasteiger partial charge on any atom is -0.481 e. The minimum absolute atomic E-state index is 0.0694. The van der Waals surface area contributed by atoms with Gasteiger partial charge in [0.1, 0.15) is 12.6 Å². The number of carbonyl (C=O) groups is 3. The largest absolute Gasteiger partial charge is 0.481 e. The fraction of sp³-hybridized carbons (Fsp3) is 0.250. The van der Waals surface area contributed by atoms with Gasteiger partial charge in [0, 0.05) is 32.1 Å². The van der Waals surface area contributed by atoms with Crippen LogP contribution in [0.1, 0.15) is 41.0 Å². The smallest absolute Gasteiger partial charge is 0.407 e. The Balaban J connectivity index is 1.13. The van der Waals surface area contributed by atoms with Crippen molar-refractivity contribution in [2.75, 3.05) is 19.7 Å². The lowest BCUT2D eigenvalue weighted by molar-refractivity contribution is -0.139. The molecule has 1 unspecified atom stereocenters. The van der Waals surface area contributed by atoms with Gasteiger partial charge in [-0.2, -0.15) is 0 Å². The quantitative estimate of drug-likeness (QED) is 0.165. The summed E-state index contributed by atoms with van der Waals surface area (Å²) in [4.78, 5) is 39.6. The van der Waals surface area contributed by atoms with Crippen LogP contribution in [0.2, 0.25) is 0 Å². The van der Waals surface area contributed by atoms with E-state index < -0.39 is 30.4 Å². The summed E-state index contributed by atoms with van der Waals surface area (Å²) in [5, 5.41) is 14.7. The fourth-order valence-electron chi connectivity index (χ4n) is 5.70. The minimum atomic E-state index is -1.26. The topological polar surface area (TPSA) is 108 Å². The van der Waals surface area contributed by atoms with Crippen LogP contribution in [-0.4, -0.2) is 53.7 Å². The molecular weight excluding hydrogens is 554 g/mol. The molecule has 8 nitrogen and oxygen atoms in total. The molecule has 226 valence electrons. The number of carboxylic acids is 1. The lowest BCUT2D eigenvalue weighted by Crippen LogP contribution is -2.48. The van der Waals surface area contributed by atoms with Crippen LogP contribution in [0.5, 0.6) is 0 Å². The van der Waals surface area contributed by atoms with Gasteiger partial charge in [-0.05, 0) is 39.8 Å². The van der Waals surface area contributed by atoms with Crippen LogP contribution in [0, 0.1) is 0 Å². The average Bonchev–Trinajstić information content (AvgIpc) is 3.36. The summed E-state index contributed by atoms with van der Waals surface area (Å²) in [7, 11) is 0. The number of aliphatic carboxylic acids is 1. The van der Waals surface area contributed by atoms with Gasteiger partial charge in [0.05, 0.1) is 6.42 Å². The number of hydrogen-bond donors (Lipinski definition) is 3. The molecule has 3 N–H and O–H groups in total. The highest BCUT2D eigenvalue weighted by Crippen LogP contribution is 2.44. The number of hydrogen-bond acceptors (Lipinski definition) is 5. The molecular formula is C36H37N3O5. The Bertz CT molecular complexity index is 1470. The van der Waals surface area contributed by atoms with Gasteiger partial charge >= 0.3 is 12.1 Å². The van der Waals surface area contributed by atoms with Crippen LogP contribution in [0.3, 0.4) is 0 Å². The molecule has 0 radical (unpaired) electrons. The lowest BCUT2D eigenvalue weighted by atomic mass is 9.98. The van der Waals surface area contributed by atoms with Crippen molar-refractivity contribution in [3.8, 4) is 11.1 Å². The highest BCUT2D eigenvalue weighted by Gasteiger charge is 2.30. The van der Waals surface area contributed by atoms with Crippen LogP contribution in [0.4, 0.5) is 4.79 Å². The predicted molar refractivity (Wildman–Crippen MR) is 169 cm³/mol. The van der Waals surface area contributed by atoms with E-state index in [0.29, 0.717) is 19.5 Å². The molecule has 2 amide bonds. The Morgan fingerprint density at radius 1 is 0.750 bits per heavy atom. The van der Waals surface area contributed by atoms with Gasteiger partial charge in [-0.1, -0.05) is 109 Å². The van der Waals surface area contributed by atoms with E-state index in [1.54, 1.807) is 0 Å². The monoisotopic (exact) mass is 591 g/mol. The number of ether oxygens (including phenoxy) is 1. The first-order chi connectivity index (χ1) is 21.5. The Labute approximate surface area is 257 Å². The van der Waals surface area contributed by atoms with E-state index in [0.717, 1.165) is 35.3 Å². The molecule has 0 aliphatic heterocycles. The molecule has 4 aromatic carbocycles. The molecule has 1 aliphatic rings. The van der Waals surface area contributed by atoms with Gasteiger partial charge in [-0.3, -0.25) is 14.5 Å². The highest BCUT2D eigenvalue weighted by molar-refractivity contribution is 5.89. The predicted octanol–water partition coefficient (Wildman–Crippen LogP) is 5.58. The normalized spacial score (nSPS) is 12.7. The third-order valence-corrected chi connectivity index (χ3v) is 7.78. The summed E-state index contributed by atoms with van der Waals surface area (Å²) in [6, 6.07) is 35.1. The van der Waals surface area contributed by atoms with Crippen molar-refractivity contribution in [2.45, 2.75) is 37.9 Å². The van der Waals surface area contributed by atoms with Crippen molar-refractivity contribution in [1.29, 1.82) is 0 Å². The van der Waals surface area contributed by atoms with E-state index in [9.17, 15) is 19.5 Å². The van der Waals surface area contributed by atoms with Gasteiger partial charge in [0.2, 0.25) is 5.91 Å². The van der Waals surface area contributed by atoms with Crippen molar-refractivity contribution in [3.63, 3.8) is 0 Å². The summed E-state index contributed by atoms with van der Waals surface area (Å²) < 4.78 is 5.54. The molecule has 44 heavy (non-hydrogen) atoms. The van der Waals surface area contributed by atoms with Gasteiger partial charge < -0.3 is 20.5 Å². The van der Waals surface area contributed by atoms with Gasteiger partial charge in [-0.25, -0.2) is 4.79 Å². The zero-order valence-corrected chi connectivity index (χ0v) is 24.5. The van der Waals surface area contributed by atoms with E-state index in [1.807, 2.05) is 84.9 Å². The summed E-state index contributed by atoms with van der Waals surface area (Å²) in [6.45, 7) is 2.64. The van der Waals surface area contributed by atoms with Crippen LogP contribution in [-0.2, 0) is 27.4 Å². The molecule has 0 spiro atoms. The number of nitrogens with zero attached hydrogens (tertiary/aromatic N) is 1. The average molecular weight is 592 g/mol. The van der Waals surface area contributed by atoms with Crippen LogP contribution in [0.15, 0.2) is 109 Å². The highest BCUT2D eigenvalue weighted by atomic mass is 16.5. The summed E-state index contributed by atoms with van der Waals surface area (Å²) in [5.74, 6) is -1.89. The number of amides is 2. The van der Waals surface area contributed by atoms with Gasteiger partial charge in [0.25, 0.3) is 0 Å². The Hall–Kier alpha value is -4.95. The van der Waals surface area contributed by atoms with Gasteiger partial charge in [0.15, 0.2) is 0 Å². The lowest BCUT2D eigenvalue weighted by Gasteiger charge is -2.23. The number of rotatable bonds is 14. The molecule has 0 fully saturated rings. The SMILES string of the molecule is O=C(O)CC(NC(=O)OCC1c2ccccc2-c2ccccc21)C(=O)NCCCN(Cc1ccccc1)Cc1ccccc1. The first-order valence-electron chi connectivity index (χ1n) is 14.9. The zero-order valence-electron chi connectivity index (χ0n) is 24.5. The van der Waals surface area contributed by atoms with E-state index >= 15 is 0 Å². The Kier molecular flexibility index (Phi) is 10.4. The van der Waals surface area contributed by atoms with Crippen LogP contribution < -0.4 is 10.6 Å².